The highest BCUT2D eigenvalue weighted by atomic mass is 32.1. The fourth-order valence-electron chi connectivity index (χ4n) is 3.42. The van der Waals surface area contributed by atoms with E-state index < -0.39 is 0 Å². The van der Waals surface area contributed by atoms with Crippen LogP contribution in [0.1, 0.15) is 46.0 Å². The number of nitrogens with zero attached hydrogens (tertiary/aromatic N) is 4. The molecule has 1 aliphatic heterocycles. The molecular weight excluding hydrogens is 360 g/mol. The first-order valence-electron chi connectivity index (χ1n) is 9.13. The van der Waals surface area contributed by atoms with E-state index in [-0.39, 0.29) is 5.91 Å². The number of carbonyl (C=O) groups is 1. The molecule has 27 heavy (non-hydrogen) atoms. The third-order valence-electron chi connectivity index (χ3n) is 4.78. The summed E-state index contributed by atoms with van der Waals surface area (Å²) in [4.78, 5) is 17.7. The van der Waals surface area contributed by atoms with Crippen molar-refractivity contribution in [1.82, 2.24) is 19.7 Å². The van der Waals surface area contributed by atoms with Crippen molar-refractivity contribution >= 4 is 28.1 Å². The number of hydrogen-bond acceptors (Lipinski definition) is 6. The highest BCUT2D eigenvalue weighted by Gasteiger charge is 2.21. The van der Waals surface area contributed by atoms with E-state index >= 15 is 0 Å². The van der Waals surface area contributed by atoms with Crippen LogP contribution in [0.25, 0.3) is 0 Å². The van der Waals surface area contributed by atoms with Crippen LogP contribution < -0.4 is 10.6 Å². The predicted octanol–water partition coefficient (Wildman–Crippen LogP) is 3.46. The maximum Gasteiger partial charge on any atom is 0.267 e. The summed E-state index contributed by atoms with van der Waals surface area (Å²) >= 11 is 1.39. The van der Waals surface area contributed by atoms with E-state index in [1.54, 1.807) is 6.33 Å². The Morgan fingerprint density at radius 2 is 2.30 bits per heavy atom. The number of thiazole rings is 1. The van der Waals surface area contributed by atoms with Crippen LogP contribution in [-0.2, 0) is 13.0 Å². The Labute approximate surface area is 161 Å². The van der Waals surface area contributed by atoms with Crippen LogP contribution in [0.5, 0.6) is 0 Å². The molecule has 140 valence electrons. The van der Waals surface area contributed by atoms with Gasteiger partial charge in [0, 0.05) is 31.1 Å². The first-order valence-corrected chi connectivity index (χ1v) is 9.95. The number of hydrogen-bond donors (Lipinski definition) is 2. The van der Waals surface area contributed by atoms with E-state index in [4.69, 9.17) is 0 Å². The van der Waals surface area contributed by atoms with E-state index in [1.807, 2.05) is 26.0 Å². The Kier molecular flexibility index (Phi) is 4.89. The number of rotatable bonds is 5. The largest absolute Gasteiger partial charge is 0.362 e. The molecule has 8 heteroatoms. The van der Waals surface area contributed by atoms with E-state index in [2.05, 4.69) is 42.5 Å². The summed E-state index contributed by atoms with van der Waals surface area (Å²) in [6, 6.07) is 8.11. The molecule has 0 radical (unpaired) electrons. The lowest BCUT2D eigenvalue weighted by atomic mass is 9.91. The van der Waals surface area contributed by atoms with Crippen molar-refractivity contribution in [1.29, 1.82) is 0 Å². The quantitative estimate of drug-likeness (QED) is 0.706. The van der Waals surface area contributed by atoms with E-state index in [0.717, 1.165) is 48.3 Å². The fraction of sp³-hybridized carbons (Fsp3) is 0.368. The zero-order valence-electron chi connectivity index (χ0n) is 15.4. The SMILES string of the molecule is CCNc1nc(C)c(C(=O)Nc2cccc([C@H]3CCc4nncn4C3)c2)s1. The Hall–Kier alpha value is -2.74. The lowest BCUT2D eigenvalue weighted by Gasteiger charge is -2.23. The van der Waals surface area contributed by atoms with Crippen LogP contribution in [0.3, 0.4) is 0 Å². The zero-order valence-corrected chi connectivity index (χ0v) is 16.2. The second-order valence-electron chi connectivity index (χ2n) is 6.68. The molecule has 1 amide bonds. The molecule has 1 atom stereocenters. The second-order valence-corrected chi connectivity index (χ2v) is 7.68. The van der Waals surface area contributed by atoms with Crippen LogP contribution in [0.15, 0.2) is 30.6 Å². The average Bonchev–Trinajstić information content (AvgIpc) is 3.28. The summed E-state index contributed by atoms with van der Waals surface area (Å²) in [6.07, 6.45) is 3.76. The van der Waals surface area contributed by atoms with Crippen LogP contribution in [0, 0.1) is 6.92 Å². The van der Waals surface area contributed by atoms with Gasteiger partial charge in [0.1, 0.15) is 17.0 Å². The molecule has 1 aliphatic rings. The number of carbonyl (C=O) groups excluding carboxylic acids is 1. The van der Waals surface area contributed by atoms with Gasteiger partial charge in [0.25, 0.3) is 5.91 Å². The van der Waals surface area contributed by atoms with Crippen molar-refractivity contribution < 1.29 is 4.79 Å². The first-order chi connectivity index (χ1) is 13.1. The van der Waals surface area contributed by atoms with Crippen LogP contribution >= 0.6 is 11.3 Å². The van der Waals surface area contributed by atoms with Crippen molar-refractivity contribution in [2.45, 2.75) is 39.2 Å². The molecule has 0 bridgehead atoms. The molecule has 2 N–H and O–H groups in total. The van der Waals surface area contributed by atoms with Gasteiger partial charge in [-0.1, -0.05) is 23.5 Å². The zero-order chi connectivity index (χ0) is 18.8. The Bertz CT molecular complexity index is 963. The van der Waals surface area contributed by atoms with Crippen molar-refractivity contribution in [2.24, 2.45) is 0 Å². The molecule has 0 saturated carbocycles. The summed E-state index contributed by atoms with van der Waals surface area (Å²) in [5.74, 6) is 1.33. The highest BCUT2D eigenvalue weighted by molar-refractivity contribution is 7.17. The fourth-order valence-corrected chi connectivity index (χ4v) is 4.35. The molecule has 0 saturated heterocycles. The summed E-state index contributed by atoms with van der Waals surface area (Å²) in [6.45, 7) is 5.53. The van der Waals surface area contributed by atoms with Crippen molar-refractivity contribution in [3.05, 3.63) is 52.6 Å². The summed E-state index contributed by atoms with van der Waals surface area (Å²) < 4.78 is 2.11. The van der Waals surface area contributed by atoms with Gasteiger partial charge >= 0.3 is 0 Å². The summed E-state index contributed by atoms with van der Waals surface area (Å²) in [7, 11) is 0. The lowest BCUT2D eigenvalue weighted by molar-refractivity contribution is 0.103. The topological polar surface area (TPSA) is 84.7 Å². The van der Waals surface area contributed by atoms with Gasteiger partial charge in [-0.05, 0) is 38.0 Å². The number of anilines is 2. The first kappa shape index (κ1) is 17.7. The third-order valence-corrected chi connectivity index (χ3v) is 5.89. The van der Waals surface area contributed by atoms with Gasteiger partial charge in [0.05, 0.1) is 5.69 Å². The predicted molar refractivity (Wildman–Crippen MR) is 106 cm³/mol. The molecule has 3 aromatic rings. The van der Waals surface area contributed by atoms with Crippen molar-refractivity contribution in [3.8, 4) is 0 Å². The minimum atomic E-state index is -0.115. The number of aromatic nitrogens is 4. The molecule has 0 unspecified atom stereocenters. The second kappa shape index (κ2) is 7.48. The molecule has 0 aliphatic carbocycles. The van der Waals surface area contributed by atoms with Crippen LogP contribution in [-0.4, -0.2) is 32.2 Å². The van der Waals surface area contributed by atoms with Gasteiger partial charge in [-0.15, -0.1) is 10.2 Å². The maximum atomic E-state index is 12.7. The number of aryl methyl sites for hydroxylation is 2. The van der Waals surface area contributed by atoms with Gasteiger partial charge in [-0.2, -0.15) is 0 Å². The van der Waals surface area contributed by atoms with Crippen LogP contribution in [0.2, 0.25) is 0 Å². The van der Waals surface area contributed by atoms with Crippen molar-refractivity contribution in [3.63, 3.8) is 0 Å². The van der Waals surface area contributed by atoms with E-state index in [9.17, 15) is 4.79 Å². The standard InChI is InChI=1S/C19H22N6OS/c1-3-20-19-22-12(2)17(27-19)18(26)23-15-6-4-5-13(9-15)14-7-8-16-24-21-11-25(16)10-14/h4-6,9,11,14H,3,7-8,10H2,1-2H3,(H,20,22)(H,23,26)/t14-/m0/s1. The Morgan fingerprint density at radius 3 is 3.15 bits per heavy atom. The summed E-state index contributed by atoms with van der Waals surface area (Å²) in [5, 5.41) is 15.1. The van der Waals surface area contributed by atoms with E-state index in [0.29, 0.717) is 10.8 Å². The monoisotopic (exact) mass is 382 g/mol. The molecule has 2 aromatic heterocycles. The minimum Gasteiger partial charge on any atom is -0.362 e. The molecule has 0 spiro atoms. The van der Waals surface area contributed by atoms with Gasteiger partial charge in [0.2, 0.25) is 0 Å². The van der Waals surface area contributed by atoms with Gasteiger partial charge in [-0.25, -0.2) is 4.98 Å². The number of nitrogens with one attached hydrogen (secondary N) is 2. The van der Waals surface area contributed by atoms with Crippen LogP contribution in [0.4, 0.5) is 10.8 Å². The molecule has 7 nitrogen and oxygen atoms in total. The smallest absolute Gasteiger partial charge is 0.267 e. The average molecular weight is 382 g/mol. The highest BCUT2D eigenvalue weighted by Crippen LogP contribution is 2.30. The minimum absolute atomic E-state index is 0.115. The maximum absolute atomic E-state index is 12.7. The molecular formula is C19H22N6OS. The third kappa shape index (κ3) is 3.71. The molecule has 3 heterocycles. The van der Waals surface area contributed by atoms with Gasteiger partial charge in [0.15, 0.2) is 5.13 Å². The number of amides is 1. The number of fused-ring (bicyclic) bond motifs is 1. The van der Waals surface area contributed by atoms with E-state index in [1.165, 1.54) is 16.9 Å². The molecule has 4 rings (SSSR count). The molecule has 1 aromatic carbocycles. The normalized spacial score (nSPS) is 16.0. The Morgan fingerprint density at radius 1 is 1.41 bits per heavy atom. The Balaban J connectivity index is 1.49. The lowest BCUT2D eigenvalue weighted by Crippen LogP contribution is -2.19. The van der Waals surface area contributed by atoms with Crippen molar-refractivity contribution in [2.75, 3.05) is 17.2 Å². The van der Waals surface area contributed by atoms with Gasteiger partial charge in [-0.3, -0.25) is 4.79 Å². The molecule has 0 fully saturated rings. The van der Waals surface area contributed by atoms with Gasteiger partial charge < -0.3 is 15.2 Å². The number of benzene rings is 1. The summed E-state index contributed by atoms with van der Waals surface area (Å²) in [5.41, 5.74) is 2.78.